The van der Waals surface area contributed by atoms with Crippen molar-refractivity contribution in [1.29, 1.82) is 0 Å². The Morgan fingerprint density at radius 2 is 1.40 bits per heavy atom. The number of nitrogens with two attached hydrogens (primary N) is 1. The SMILES string of the molecule is Nc1c(S(=O)(=O)O)cc(Nc2ccc(Nc3nc(Cl)nc(N(CCO)CCO)n3)cc2)c2c1C(=O)c1ccccc1C2=O. The molecule has 0 radical (unpaired) electrons. The van der Waals surface area contributed by atoms with Gasteiger partial charge < -0.3 is 31.5 Å². The monoisotopic (exact) mass is 625 g/mol. The van der Waals surface area contributed by atoms with Gasteiger partial charge in [0.1, 0.15) is 4.90 Å². The molecule has 0 atom stereocenters. The Bertz CT molecular complexity index is 1850. The molecule has 0 saturated heterocycles. The van der Waals surface area contributed by atoms with Crippen molar-refractivity contribution >= 4 is 67.9 Å². The number of ketones is 2. The van der Waals surface area contributed by atoms with Gasteiger partial charge in [0.25, 0.3) is 10.1 Å². The lowest BCUT2D eigenvalue weighted by atomic mass is 9.82. The second kappa shape index (κ2) is 11.9. The molecule has 0 unspecified atom stereocenters. The molecule has 4 aromatic rings. The molecule has 43 heavy (non-hydrogen) atoms. The minimum Gasteiger partial charge on any atom is -0.397 e. The van der Waals surface area contributed by atoms with E-state index in [0.29, 0.717) is 11.4 Å². The molecule has 1 heterocycles. The fourth-order valence-electron chi connectivity index (χ4n) is 4.62. The number of hydrogen-bond donors (Lipinski definition) is 6. The van der Waals surface area contributed by atoms with Crippen molar-refractivity contribution in [3.8, 4) is 0 Å². The van der Waals surface area contributed by atoms with E-state index in [4.69, 9.17) is 17.3 Å². The Morgan fingerprint density at radius 1 is 0.837 bits per heavy atom. The standard InChI is InChI=1S/C27H24ClN7O7S/c28-25-32-26(34-27(33-25)35(9-11-36)10-12-37)31-15-7-5-14(6-8-15)30-18-13-19(43(40,41)42)22(29)21-20(18)23(38)16-3-1-2-4-17(16)24(21)39/h1-8,13,30,36-37H,9-12,29H2,(H,40,41,42)(H,31,32,33,34). The van der Waals surface area contributed by atoms with Crippen LogP contribution in [0.4, 0.5) is 34.6 Å². The number of carbonyl (C=O) groups is 2. The summed E-state index contributed by atoms with van der Waals surface area (Å²) in [6.45, 7) is -0.0749. The van der Waals surface area contributed by atoms with E-state index in [1.54, 1.807) is 36.4 Å². The maximum absolute atomic E-state index is 13.5. The fourth-order valence-corrected chi connectivity index (χ4v) is 5.42. The van der Waals surface area contributed by atoms with Gasteiger partial charge in [-0.2, -0.15) is 23.4 Å². The summed E-state index contributed by atoms with van der Waals surface area (Å²) in [5.74, 6) is -0.960. The summed E-state index contributed by atoms with van der Waals surface area (Å²) < 4.78 is 34.1. The molecule has 0 saturated carbocycles. The summed E-state index contributed by atoms with van der Waals surface area (Å²) in [5.41, 5.74) is 6.11. The van der Waals surface area contributed by atoms with Crippen LogP contribution in [-0.2, 0) is 10.1 Å². The van der Waals surface area contributed by atoms with E-state index in [1.165, 1.54) is 17.0 Å². The highest BCUT2D eigenvalue weighted by Gasteiger charge is 2.36. The van der Waals surface area contributed by atoms with Gasteiger partial charge in [-0.15, -0.1) is 0 Å². The normalized spacial score (nSPS) is 12.5. The molecule has 5 rings (SSSR count). The summed E-state index contributed by atoms with van der Waals surface area (Å²) in [5, 5.41) is 24.4. The zero-order valence-electron chi connectivity index (χ0n) is 22.2. The summed E-state index contributed by atoms with van der Waals surface area (Å²) in [7, 11) is -4.86. The number of nitrogen functional groups attached to an aromatic ring is 1. The molecular formula is C27H24ClN7O7S. The molecule has 1 aliphatic rings. The molecule has 0 fully saturated rings. The Balaban J connectivity index is 1.47. The first kappa shape index (κ1) is 29.8. The van der Waals surface area contributed by atoms with Gasteiger partial charge in [-0.1, -0.05) is 24.3 Å². The van der Waals surface area contributed by atoms with Crippen LogP contribution >= 0.6 is 11.6 Å². The number of nitrogens with zero attached hydrogens (tertiary/aromatic N) is 4. The molecule has 0 bridgehead atoms. The van der Waals surface area contributed by atoms with Gasteiger partial charge in [0.05, 0.1) is 35.7 Å². The van der Waals surface area contributed by atoms with Gasteiger partial charge in [0.2, 0.25) is 17.2 Å². The van der Waals surface area contributed by atoms with Crippen molar-refractivity contribution in [3.63, 3.8) is 0 Å². The highest BCUT2D eigenvalue weighted by molar-refractivity contribution is 7.86. The van der Waals surface area contributed by atoms with E-state index in [9.17, 15) is 32.8 Å². The maximum Gasteiger partial charge on any atom is 0.296 e. The Kier molecular flexibility index (Phi) is 8.25. The second-order valence-corrected chi connectivity index (χ2v) is 11.0. The van der Waals surface area contributed by atoms with Crippen molar-refractivity contribution in [3.05, 3.63) is 82.1 Å². The third-order valence-electron chi connectivity index (χ3n) is 6.52. The summed E-state index contributed by atoms with van der Waals surface area (Å²) in [4.78, 5) is 40.0. The number of benzene rings is 3. The lowest BCUT2D eigenvalue weighted by Crippen LogP contribution is -2.31. The number of aliphatic hydroxyl groups excluding tert-OH is 2. The number of aromatic nitrogens is 3. The van der Waals surface area contributed by atoms with Gasteiger partial charge in [-0.3, -0.25) is 14.1 Å². The van der Waals surface area contributed by atoms with Crippen LogP contribution in [0.25, 0.3) is 0 Å². The topological polar surface area (TPSA) is 221 Å². The first-order valence-electron chi connectivity index (χ1n) is 12.7. The molecule has 1 aromatic heterocycles. The van der Waals surface area contributed by atoms with Crippen LogP contribution in [0.1, 0.15) is 31.8 Å². The third kappa shape index (κ3) is 5.97. The van der Waals surface area contributed by atoms with Gasteiger partial charge in [0.15, 0.2) is 11.6 Å². The van der Waals surface area contributed by atoms with E-state index >= 15 is 0 Å². The molecule has 7 N–H and O–H groups in total. The lowest BCUT2D eigenvalue weighted by Gasteiger charge is -2.23. The van der Waals surface area contributed by atoms with Gasteiger partial charge >= 0.3 is 0 Å². The number of anilines is 6. The molecule has 0 spiro atoms. The van der Waals surface area contributed by atoms with Crippen molar-refractivity contribution < 1.29 is 32.8 Å². The number of nitrogens with one attached hydrogen (secondary N) is 2. The summed E-state index contributed by atoms with van der Waals surface area (Å²) >= 11 is 6.06. The fraction of sp³-hybridized carbons (Fsp3) is 0.148. The number of aliphatic hydroxyl groups is 2. The van der Waals surface area contributed by atoms with Crippen LogP contribution in [-0.4, -0.2) is 76.0 Å². The van der Waals surface area contributed by atoms with Crippen LogP contribution in [0, 0.1) is 0 Å². The number of rotatable bonds is 10. The quantitative estimate of drug-likeness (QED) is 0.0969. The number of hydrogen-bond acceptors (Lipinski definition) is 13. The number of fused-ring (bicyclic) bond motifs is 2. The van der Waals surface area contributed by atoms with Crippen LogP contribution in [0.2, 0.25) is 5.28 Å². The minimum atomic E-state index is -4.86. The van der Waals surface area contributed by atoms with E-state index in [1.807, 2.05) is 0 Å². The zero-order chi connectivity index (χ0) is 30.9. The molecular weight excluding hydrogens is 602 g/mol. The van der Waals surface area contributed by atoms with E-state index in [0.717, 1.165) is 6.07 Å². The molecule has 14 nitrogen and oxygen atoms in total. The van der Waals surface area contributed by atoms with E-state index < -0.39 is 32.3 Å². The molecule has 0 amide bonds. The average Bonchev–Trinajstić information content (AvgIpc) is 2.96. The highest BCUT2D eigenvalue weighted by atomic mass is 35.5. The Morgan fingerprint density at radius 3 is 1.95 bits per heavy atom. The van der Waals surface area contributed by atoms with Crippen molar-refractivity contribution in [1.82, 2.24) is 15.0 Å². The Hall–Kier alpha value is -4.67. The highest BCUT2D eigenvalue weighted by Crippen LogP contribution is 2.40. The van der Waals surface area contributed by atoms with E-state index in [-0.39, 0.29) is 71.4 Å². The van der Waals surface area contributed by atoms with Gasteiger partial charge in [0, 0.05) is 35.6 Å². The minimum absolute atomic E-state index is 0.0489. The van der Waals surface area contributed by atoms with Crippen LogP contribution in [0.3, 0.4) is 0 Å². The molecule has 1 aliphatic carbocycles. The number of halogens is 1. The van der Waals surface area contributed by atoms with Gasteiger partial charge in [-0.25, -0.2) is 0 Å². The first-order chi connectivity index (χ1) is 20.5. The molecule has 16 heteroatoms. The predicted octanol–water partition coefficient (Wildman–Crippen LogP) is 2.41. The third-order valence-corrected chi connectivity index (χ3v) is 7.58. The van der Waals surface area contributed by atoms with Crippen LogP contribution in [0.5, 0.6) is 0 Å². The smallest absolute Gasteiger partial charge is 0.296 e. The van der Waals surface area contributed by atoms with Crippen molar-refractivity contribution in [2.75, 3.05) is 47.6 Å². The zero-order valence-corrected chi connectivity index (χ0v) is 23.7. The van der Waals surface area contributed by atoms with Crippen LogP contribution < -0.4 is 21.3 Å². The van der Waals surface area contributed by atoms with Gasteiger partial charge in [-0.05, 0) is 41.9 Å². The predicted molar refractivity (Wildman–Crippen MR) is 158 cm³/mol. The molecule has 222 valence electrons. The van der Waals surface area contributed by atoms with Crippen molar-refractivity contribution in [2.24, 2.45) is 0 Å². The molecule has 0 aliphatic heterocycles. The number of carbonyl (C=O) groups excluding carboxylic acids is 2. The van der Waals surface area contributed by atoms with Crippen LogP contribution in [0.15, 0.2) is 59.5 Å². The second-order valence-electron chi connectivity index (χ2n) is 9.25. The largest absolute Gasteiger partial charge is 0.397 e. The molecule has 3 aromatic carbocycles. The van der Waals surface area contributed by atoms with Crippen molar-refractivity contribution in [2.45, 2.75) is 4.90 Å². The lowest BCUT2D eigenvalue weighted by molar-refractivity contribution is 0.0980. The summed E-state index contributed by atoms with van der Waals surface area (Å²) in [6.07, 6.45) is 0. The summed E-state index contributed by atoms with van der Waals surface area (Å²) in [6, 6.07) is 13.5. The Labute approximate surface area is 249 Å². The van der Waals surface area contributed by atoms with E-state index in [2.05, 4.69) is 25.6 Å². The maximum atomic E-state index is 13.5. The average molecular weight is 626 g/mol. The first-order valence-corrected chi connectivity index (χ1v) is 14.5.